The van der Waals surface area contributed by atoms with Gasteiger partial charge in [0.2, 0.25) is 5.91 Å². The average molecular weight is 289 g/mol. The van der Waals surface area contributed by atoms with Crippen molar-refractivity contribution >= 4 is 11.6 Å². The monoisotopic (exact) mass is 289 g/mol. The van der Waals surface area contributed by atoms with Crippen LogP contribution in [-0.2, 0) is 11.2 Å². The third-order valence-electron chi connectivity index (χ3n) is 4.11. The number of likely N-dealkylation sites (N-methyl/N-ethyl adjacent to an activating group) is 1. The van der Waals surface area contributed by atoms with Crippen molar-refractivity contribution in [1.29, 1.82) is 0 Å². The second-order valence-electron chi connectivity index (χ2n) is 5.66. The predicted octanol–water partition coefficient (Wildman–Crippen LogP) is 2.12. The maximum atomic E-state index is 12.3. The van der Waals surface area contributed by atoms with Crippen LogP contribution in [0.1, 0.15) is 25.8 Å². The van der Waals surface area contributed by atoms with E-state index in [1.54, 1.807) is 0 Å². The lowest BCUT2D eigenvalue weighted by atomic mass is 9.93. The van der Waals surface area contributed by atoms with Crippen molar-refractivity contribution in [2.24, 2.45) is 5.92 Å². The number of benzene rings is 1. The summed E-state index contributed by atoms with van der Waals surface area (Å²) in [6.45, 7) is 8.91. The second kappa shape index (κ2) is 8.03. The molecule has 1 aliphatic heterocycles. The standard InChI is InChI=1S/C17H27N3O/c1-3-10-20(4-2)11-9-18-17(21)15-12-14-7-5-6-8-16(14)19-13-15/h5-8,15,19H,3-4,9-13H2,1-2H3,(H,18,21). The highest BCUT2D eigenvalue weighted by Crippen LogP contribution is 2.24. The van der Waals surface area contributed by atoms with Crippen LogP contribution in [0.5, 0.6) is 0 Å². The number of carbonyl (C=O) groups excluding carboxylic acids is 1. The van der Waals surface area contributed by atoms with Crippen LogP contribution in [-0.4, -0.2) is 43.5 Å². The topological polar surface area (TPSA) is 44.4 Å². The van der Waals surface area contributed by atoms with E-state index >= 15 is 0 Å². The zero-order chi connectivity index (χ0) is 15.1. The van der Waals surface area contributed by atoms with Gasteiger partial charge in [-0.2, -0.15) is 0 Å². The van der Waals surface area contributed by atoms with E-state index in [0.717, 1.165) is 45.6 Å². The van der Waals surface area contributed by atoms with Crippen LogP contribution < -0.4 is 10.6 Å². The molecule has 2 rings (SSSR count). The Kier molecular flexibility index (Phi) is 6.05. The summed E-state index contributed by atoms with van der Waals surface area (Å²) in [5.74, 6) is 0.214. The van der Waals surface area contributed by atoms with Crippen LogP contribution in [0.2, 0.25) is 0 Å². The molecule has 1 atom stereocenters. The van der Waals surface area contributed by atoms with Crippen LogP contribution in [0.25, 0.3) is 0 Å². The number of anilines is 1. The lowest BCUT2D eigenvalue weighted by molar-refractivity contribution is -0.124. The molecule has 0 aromatic heterocycles. The number of hydrogen-bond donors (Lipinski definition) is 2. The first-order valence-electron chi connectivity index (χ1n) is 8.06. The average Bonchev–Trinajstić information content (AvgIpc) is 2.53. The number of nitrogens with one attached hydrogen (secondary N) is 2. The molecule has 2 N–H and O–H groups in total. The maximum absolute atomic E-state index is 12.3. The summed E-state index contributed by atoms with van der Waals surface area (Å²) >= 11 is 0. The molecule has 4 heteroatoms. The number of hydrogen-bond acceptors (Lipinski definition) is 3. The number of nitrogens with zero attached hydrogens (tertiary/aromatic N) is 1. The maximum Gasteiger partial charge on any atom is 0.225 e. The Balaban J connectivity index is 1.77. The summed E-state index contributed by atoms with van der Waals surface area (Å²) in [5.41, 5.74) is 2.41. The third kappa shape index (κ3) is 4.46. The lowest BCUT2D eigenvalue weighted by Gasteiger charge is -2.26. The van der Waals surface area contributed by atoms with Crippen molar-refractivity contribution in [3.05, 3.63) is 29.8 Å². The van der Waals surface area contributed by atoms with Gasteiger partial charge >= 0.3 is 0 Å². The molecule has 0 saturated carbocycles. The van der Waals surface area contributed by atoms with Gasteiger partial charge in [0, 0.05) is 25.3 Å². The zero-order valence-electron chi connectivity index (χ0n) is 13.2. The molecule has 116 valence electrons. The van der Waals surface area contributed by atoms with Crippen LogP contribution in [0, 0.1) is 5.92 Å². The molecule has 0 fully saturated rings. The first-order chi connectivity index (χ1) is 10.2. The predicted molar refractivity (Wildman–Crippen MR) is 87.5 cm³/mol. The number of fused-ring (bicyclic) bond motifs is 1. The molecule has 0 radical (unpaired) electrons. The first kappa shape index (κ1) is 15.8. The van der Waals surface area contributed by atoms with Crippen molar-refractivity contribution in [3.63, 3.8) is 0 Å². The Morgan fingerprint density at radius 1 is 1.33 bits per heavy atom. The van der Waals surface area contributed by atoms with Gasteiger partial charge in [-0.15, -0.1) is 0 Å². The summed E-state index contributed by atoms with van der Waals surface area (Å²) in [4.78, 5) is 14.6. The molecule has 1 heterocycles. The van der Waals surface area contributed by atoms with Gasteiger partial charge in [-0.25, -0.2) is 0 Å². The van der Waals surface area contributed by atoms with Crippen LogP contribution >= 0.6 is 0 Å². The summed E-state index contributed by atoms with van der Waals surface area (Å²) in [7, 11) is 0. The quantitative estimate of drug-likeness (QED) is 0.808. The number of rotatable bonds is 7. The molecular weight excluding hydrogens is 262 g/mol. The molecule has 21 heavy (non-hydrogen) atoms. The van der Waals surface area contributed by atoms with Crippen molar-refractivity contribution < 1.29 is 4.79 Å². The van der Waals surface area contributed by atoms with E-state index in [0.29, 0.717) is 0 Å². The number of amides is 1. The largest absolute Gasteiger partial charge is 0.384 e. The Bertz CT molecular complexity index is 461. The summed E-state index contributed by atoms with van der Waals surface area (Å²) in [6, 6.07) is 8.24. The van der Waals surface area contributed by atoms with E-state index in [2.05, 4.69) is 41.5 Å². The van der Waals surface area contributed by atoms with Crippen molar-refractivity contribution in [2.75, 3.05) is 38.0 Å². The van der Waals surface area contributed by atoms with E-state index < -0.39 is 0 Å². The minimum atomic E-state index is 0.0427. The van der Waals surface area contributed by atoms with E-state index in [-0.39, 0.29) is 11.8 Å². The van der Waals surface area contributed by atoms with Gasteiger partial charge in [0.05, 0.1) is 5.92 Å². The van der Waals surface area contributed by atoms with Crippen LogP contribution in [0.15, 0.2) is 24.3 Å². The molecule has 1 unspecified atom stereocenters. The fourth-order valence-electron chi connectivity index (χ4n) is 2.85. The van der Waals surface area contributed by atoms with Gasteiger partial charge in [0.1, 0.15) is 0 Å². The molecule has 1 aromatic carbocycles. The van der Waals surface area contributed by atoms with Crippen molar-refractivity contribution in [2.45, 2.75) is 26.7 Å². The Labute approximate surface area is 127 Å². The molecule has 0 spiro atoms. The van der Waals surface area contributed by atoms with E-state index in [9.17, 15) is 4.79 Å². The molecule has 1 aromatic rings. The minimum absolute atomic E-state index is 0.0427. The van der Waals surface area contributed by atoms with Crippen molar-refractivity contribution in [1.82, 2.24) is 10.2 Å². The van der Waals surface area contributed by atoms with E-state index in [1.165, 1.54) is 11.3 Å². The first-order valence-corrected chi connectivity index (χ1v) is 8.06. The minimum Gasteiger partial charge on any atom is -0.384 e. The molecule has 4 nitrogen and oxygen atoms in total. The van der Waals surface area contributed by atoms with Crippen LogP contribution in [0.4, 0.5) is 5.69 Å². The van der Waals surface area contributed by atoms with Crippen LogP contribution in [0.3, 0.4) is 0 Å². The smallest absolute Gasteiger partial charge is 0.225 e. The number of carbonyl (C=O) groups is 1. The highest BCUT2D eigenvalue weighted by Gasteiger charge is 2.23. The van der Waals surface area contributed by atoms with Gasteiger partial charge in [-0.05, 0) is 37.6 Å². The van der Waals surface area contributed by atoms with Gasteiger partial charge in [-0.3, -0.25) is 4.79 Å². The highest BCUT2D eigenvalue weighted by atomic mass is 16.1. The highest BCUT2D eigenvalue weighted by molar-refractivity contribution is 5.80. The van der Waals surface area contributed by atoms with Gasteiger partial charge in [-0.1, -0.05) is 32.0 Å². The molecule has 1 amide bonds. The normalized spacial score (nSPS) is 17.2. The fraction of sp³-hybridized carbons (Fsp3) is 0.588. The van der Waals surface area contributed by atoms with E-state index in [4.69, 9.17) is 0 Å². The molecule has 0 aliphatic carbocycles. The van der Waals surface area contributed by atoms with Gasteiger partial charge in [0.25, 0.3) is 0 Å². The summed E-state index contributed by atoms with van der Waals surface area (Å²) < 4.78 is 0. The molecule has 0 bridgehead atoms. The Morgan fingerprint density at radius 3 is 2.90 bits per heavy atom. The van der Waals surface area contributed by atoms with Gasteiger partial charge < -0.3 is 15.5 Å². The molecule has 0 saturated heterocycles. The Morgan fingerprint density at radius 2 is 2.14 bits per heavy atom. The Hall–Kier alpha value is -1.55. The SMILES string of the molecule is CCCN(CC)CCNC(=O)C1CNc2ccccc2C1. The lowest BCUT2D eigenvalue weighted by Crippen LogP contribution is -2.41. The third-order valence-corrected chi connectivity index (χ3v) is 4.11. The number of para-hydroxylation sites is 1. The van der Waals surface area contributed by atoms with Gasteiger partial charge in [0.15, 0.2) is 0 Å². The molecular formula is C17H27N3O. The fourth-order valence-corrected chi connectivity index (χ4v) is 2.85. The zero-order valence-corrected chi connectivity index (χ0v) is 13.2. The van der Waals surface area contributed by atoms with Crippen molar-refractivity contribution in [3.8, 4) is 0 Å². The summed E-state index contributed by atoms with van der Waals surface area (Å²) in [6.07, 6.45) is 1.99. The second-order valence-corrected chi connectivity index (χ2v) is 5.66. The summed E-state index contributed by atoms with van der Waals surface area (Å²) in [5, 5.41) is 6.44. The molecule has 1 aliphatic rings. The van der Waals surface area contributed by atoms with E-state index in [1.807, 2.05) is 12.1 Å².